The van der Waals surface area contributed by atoms with E-state index < -0.39 is 0 Å². The maximum Gasteiger partial charge on any atom is 0.229 e. The van der Waals surface area contributed by atoms with Crippen molar-refractivity contribution in [1.29, 1.82) is 0 Å². The van der Waals surface area contributed by atoms with Crippen LogP contribution in [0.4, 0.5) is 23.1 Å². The van der Waals surface area contributed by atoms with E-state index in [0.29, 0.717) is 5.95 Å². The predicted molar refractivity (Wildman–Crippen MR) is 103 cm³/mol. The summed E-state index contributed by atoms with van der Waals surface area (Å²) in [7, 11) is 0. The molecule has 24 heavy (non-hydrogen) atoms. The van der Waals surface area contributed by atoms with E-state index in [1.165, 1.54) is 11.1 Å². The molecule has 0 saturated carbocycles. The number of halogens is 1. The van der Waals surface area contributed by atoms with E-state index in [0.717, 1.165) is 27.4 Å². The van der Waals surface area contributed by atoms with Crippen LogP contribution in [0.15, 0.2) is 53.0 Å². The summed E-state index contributed by atoms with van der Waals surface area (Å²) in [5, 5.41) is 6.62. The summed E-state index contributed by atoms with van der Waals surface area (Å²) in [6.45, 7) is 6.14. The van der Waals surface area contributed by atoms with Crippen LogP contribution in [-0.2, 0) is 0 Å². The number of anilines is 4. The molecule has 4 nitrogen and oxygen atoms in total. The maximum atomic E-state index is 4.57. The molecular weight excluding hydrogens is 364 g/mol. The highest BCUT2D eigenvalue weighted by atomic mass is 79.9. The average Bonchev–Trinajstić information content (AvgIpc) is 2.52. The van der Waals surface area contributed by atoms with Crippen LogP contribution in [0, 0.1) is 20.8 Å². The monoisotopic (exact) mass is 382 g/mol. The molecule has 0 radical (unpaired) electrons. The van der Waals surface area contributed by atoms with Crippen LogP contribution < -0.4 is 10.6 Å². The van der Waals surface area contributed by atoms with Gasteiger partial charge in [0.15, 0.2) is 0 Å². The van der Waals surface area contributed by atoms with Crippen LogP contribution in [0.5, 0.6) is 0 Å². The van der Waals surface area contributed by atoms with E-state index >= 15 is 0 Å². The molecule has 0 fully saturated rings. The number of nitrogens with zero attached hydrogens (tertiary/aromatic N) is 2. The zero-order valence-electron chi connectivity index (χ0n) is 13.9. The number of nitrogens with one attached hydrogen (secondary N) is 2. The minimum atomic E-state index is 0.574. The van der Waals surface area contributed by atoms with Crippen molar-refractivity contribution in [3.05, 3.63) is 69.8 Å². The molecule has 1 heterocycles. The Morgan fingerprint density at radius 2 is 1.58 bits per heavy atom. The van der Waals surface area contributed by atoms with Gasteiger partial charge in [-0.25, -0.2) is 4.98 Å². The lowest BCUT2D eigenvalue weighted by molar-refractivity contribution is 1.11. The van der Waals surface area contributed by atoms with Crippen molar-refractivity contribution in [3.63, 3.8) is 0 Å². The topological polar surface area (TPSA) is 49.8 Å². The first-order valence-corrected chi connectivity index (χ1v) is 8.51. The third kappa shape index (κ3) is 4.11. The second-order valence-electron chi connectivity index (χ2n) is 5.79. The Hall–Kier alpha value is -2.40. The minimum absolute atomic E-state index is 0.574. The zero-order chi connectivity index (χ0) is 17.1. The number of hydrogen-bond donors (Lipinski definition) is 2. The van der Waals surface area contributed by atoms with Gasteiger partial charge in [-0.3, -0.25) is 0 Å². The highest BCUT2D eigenvalue weighted by molar-refractivity contribution is 9.10. The molecule has 3 aromatic rings. The van der Waals surface area contributed by atoms with E-state index in [4.69, 9.17) is 0 Å². The fraction of sp³-hybridized carbons (Fsp3) is 0.158. The highest BCUT2D eigenvalue weighted by Crippen LogP contribution is 2.23. The Kier molecular flexibility index (Phi) is 4.81. The van der Waals surface area contributed by atoms with Crippen molar-refractivity contribution < 1.29 is 0 Å². The van der Waals surface area contributed by atoms with Gasteiger partial charge in [0.25, 0.3) is 0 Å². The minimum Gasteiger partial charge on any atom is -0.340 e. The zero-order valence-corrected chi connectivity index (χ0v) is 15.5. The molecule has 0 amide bonds. The Morgan fingerprint density at radius 3 is 2.29 bits per heavy atom. The maximum absolute atomic E-state index is 4.57. The van der Waals surface area contributed by atoms with Crippen LogP contribution in [0.3, 0.4) is 0 Å². The molecule has 3 rings (SSSR count). The van der Waals surface area contributed by atoms with E-state index in [-0.39, 0.29) is 0 Å². The van der Waals surface area contributed by atoms with Gasteiger partial charge in [-0.1, -0.05) is 33.6 Å². The second kappa shape index (κ2) is 7.01. The fourth-order valence-electron chi connectivity index (χ4n) is 2.44. The smallest absolute Gasteiger partial charge is 0.229 e. The van der Waals surface area contributed by atoms with Crippen molar-refractivity contribution in [1.82, 2.24) is 9.97 Å². The Morgan fingerprint density at radius 1 is 0.833 bits per heavy atom. The standard InChI is InChI=1S/C19H19BrN4/c1-12-4-9-17(13(2)10-12)23-18-11-14(3)21-19(24-18)22-16-7-5-15(20)6-8-16/h4-11H,1-3H3,(H2,21,22,23,24). The quantitative estimate of drug-likeness (QED) is 0.611. The first kappa shape index (κ1) is 16.5. The number of rotatable bonds is 4. The summed E-state index contributed by atoms with van der Waals surface area (Å²) in [5.41, 5.74) is 5.33. The Balaban J connectivity index is 1.84. The summed E-state index contributed by atoms with van der Waals surface area (Å²) in [6, 6.07) is 16.2. The summed E-state index contributed by atoms with van der Waals surface area (Å²) in [5.74, 6) is 1.35. The van der Waals surface area contributed by atoms with Gasteiger partial charge in [-0.05, 0) is 56.7 Å². The Bertz CT molecular complexity index is 860. The normalized spacial score (nSPS) is 10.5. The molecule has 0 aliphatic rings. The molecule has 122 valence electrons. The third-order valence-corrected chi connectivity index (χ3v) is 4.13. The van der Waals surface area contributed by atoms with Crippen LogP contribution in [0.1, 0.15) is 16.8 Å². The molecule has 0 aliphatic heterocycles. The largest absolute Gasteiger partial charge is 0.340 e. The molecule has 5 heteroatoms. The number of aryl methyl sites for hydroxylation is 3. The van der Waals surface area contributed by atoms with E-state index in [1.807, 2.05) is 37.3 Å². The van der Waals surface area contributed by atoms with Crippen molar-refractivity contribution in [2.45, 2.75) is 20.8 Å². The Labute approximate surface area is 150 Å². The lowest BCUT2D eigenvalue weighted by Gasteiger charge is -2.12. The van der Waals surface area contributed by atoms with E-state index in [9.17, 15) is 0 Å². The lowest BCUT2D eigenvalue weighted by Crippen LogP contribution is -2.03. The number of hydrogen-bond acceptors (Lipinski definition) is 4. The van der Waals surface area contributed by atoms with Crippen molar-refractivity contribution in [2.24, 2.45) is 0 Å². The van der Waals surface area contributed by atoms with Crippen LogP contribution >= 0.6 is 15.9 Å². The first-order chi connectivity index (χ1) is 11.5. The van der Waals surface area contributed by atoms with Gasteiger partial charge in [0.2, 0.25) is 5.95 Å². The van der Waals surface area contributed by atoms with Gasteiger partial charge >= 0.3 is 0 Å². The molecule has 2 N–H and O–H groups in total. The van der Waals surface area contributed by atoms with Crippen LogP contribution in [-0.4, -0.2) is 9.97 Å². The van der Waals surface area contributed by atoms with Crippen molar-refractivity contribution >= 4 is 39.1 Å². The second-order valence-corrected chi connectivity index (χ2v) is 6.71. The lowest BCUT2D eigenvalue weighted by atomic mass is 10.1. The number of benzene rings is 2. The van der Waals surface area contributed by atoms with E-state index in [1.54, 1.807) is 0 Å². The molecule has 1 aromatic heterocycles. The summed E-state index contributed by atoms with van der Waals surface area (Å²) < 4.78 is 1.04. The van der Waals surface area contributed by atoms with E-state index in [2.05, 4.69) is 68.6 Å². The summed E-state index contributed by atoms with van der Waals surface area (Å²) in [4.78, 5) is 9.02. The van der Waals surface area contributed by atoms with Crippen LogP contribution in [0.2, 0.25) is 0 Å². The van der Waals surface area contributed by atoms with Crippen molar-refractivity contribution in [2.75, 3.05) is 10.6 Å². The molecule has 0 unspecified atom stereocenters. The van der Waals surface area contributed by atoms with Gasteiger partial charge in [0.1, 0.15) is 5.82 Å². The molecular formula is C19H19BrN4. The van der Waals surface area contributed by atoms with Gasteiger partial charge in [0.05, 0.1) is 0 Å². The fourth-order valence-corrected chi connectivity index (χ4v) is 2.71. The van der Waals surface area contributed by atoms with Crippen LogP contribution in [0.25, 0.3) is 0 Å². The van der Waals surface area contributed by atoms with Gasteiger partial charge in [-0.15, -0.1) is 0 Å². The SMILES string of the molecule is Cc1ccc(Nc2cc(C)nc(Nc3ccc(Br)cc3)n2)c(C)c1. The molecule has 0 saturated heterocycles. The van der Waals surface area contributed by atoms with Crippen molar-refractivity contribution in [3.8, 4) is 0 Å². The van der Waals surface area contributed by atoms with Gasteiger partial charge < -0.3 is 10.6 Å². The molecule has 0 aliphatic carbocycles. The molecule has 2 aromatic carbocycles. The molecule has 0 atom stereocenters. The summed E-state index contributed by atoms with van der Waals surface area (Å²) in [6.07, 6.45) is 0. The number of aromatic nitrogens is 2. The molecule has 0 spiro atoms. The van der Waals surface area contributed by atoms with Gasteiger partial charge in [0, 0.05) is 27.6 Å². The first-order valence-electron chi connectivity index (χ1n) is 7.72. The summed E-state index contributed by atoms with van der Waals surface area (Å²) >= 11 is 3.43. The molecule has 0 bridgehead atoms. The third-order valence-electron chi connectivity index (χ3n) is 3.60. The highest BCUT2D eigenvalue weighted by Gasteiger charge is 2.05. The van der Waals surface area contributed by atoms with Gasteiger partial charge in [-0.2, -0.15) is 4.98 Å². The average molecular weight is 383 g/mol. The predicted octanol–water partition coefficient (Wildman–Crippen LogP) is 5.65.